The van der Waals surface area contributed by atoms with E-state index in [9.17, 15) is 34.5 Å². The van der Waals surface area contributed by atoms with Gasteiger partial charge in [-0.2, -0.15) is 0 Å². The molecule has 0 aromatic heterocycles. The highest BCUT2D eigenvalue weighted by molar-refractivity contribution is 6.05. The molecular formula is C49H72O11. The SMILES string of the molecule is CCCCCCCCCC(=O)O[C@@H]1[C@@H](C)[C@@]2(O)[C@@H](C=C(COC(=O)Cc3ccc(O)c(OC)c3)C[C@]3(O)C(=O)C(C)=C[C@@H]23)[C@@H]2C(C)(C)[C@]12OC(=O)CCCCCCCCC. The zero-order chi connectivity index (χ0) is 43.9. The third kappa shape index (κ3) is 9.52. The lowest BCUT2D eigenvalue weighted by molar-refractivity contribution is -0.229. The van der Waals surface area contributed by atoms with Gasteiger partial charge in [0.1, 0.15) is 18.3 Å². The maximum absolute atomic E-state index is 13.9. The molecule has 11 heteroatoms. The number of ether oxygens (including phenoxy) is 4. The van der Waals surface area contributed by atoms with Crippen LogP contribution < -0.4 is 4.74 Å². The fourth-order valence-electron chi connectivity index (χ4n) is 10.9. The summed E-state index contributed by atoms with van der Waals surface area (Å²) < 4.78 is 24.0. The monoisotopic (exact) mass is 837 g/mol. The average Bonchev–Trinajstić information content (AvgIpc) is 3.63. The number of rotatable bonds is 23. The first-order valence-corrected chi connectivity index (χ1v) is 22.8. The van der Waals surface area contributed by atoms with Crippen molar-refractivity contribution in [2.24, 2.45) is 29.1 Å². The van der Waals surface area contributed by atoms with Gasteiger partial charge < -0.3 is 34.3 Å². The second-order valence-corrected chi connectivity index (χ2v) is 18.7. The number of aliphatic hydroxyl groups is 2. The van der Waals surface area contributed by atoms with Crippen LogP contribution in [0.15, 0.2) is 41.5 Å². The fourth-order valence-corrected chi connectivity index (χ4v) is 10.9. The van der Waals surface area contributed by atoms with E-state index in [1.807, 2.05) is 19.9 Å². The van der Waals surface area contributed by atoms with Crippen molar-refractivity contribution >= 4 is 23.7 Å². The fraction of sp³-hybridized carbons (Fsp3) is 0.714. The number of fused-ring (bicyclic) bond motifs is 5. The largest absolute Gasteiger partial charge is 0.504 e. The highest BCUT2D eigenvalue weighted by Gasteiger charge is 2.88. The Morgan fingerprint density at radius 3 is 2.00 bits per heavy atom. The van der Waals surface area contributed by atoms with E-state index < -0.39 is 69.7 Å². The molecule has 1 aromatic carbocycles. The minimum Gasteiger partial charge on any atom is -0.504 e. The van der Waals surface area contributed by atoms with Crippen LogP contribution in [0.4, 0.5) is 0 Å². The number of aromatic hydroxyl groups is 1. The lowest BCUT2D eigenvalue weighted by Gasteiger charge is -2.53. The van der Waals surface area contributed by atoms with Crippen molar-refractivity contribution in [1.29, 1.82) is 0 Å². The summed E-state index contributed by atoms with van der Waals surface area (Å²) in [5, 5.41) is 35.8. The van der Waals surface area contributed by atoms with Crippen molar-refractivity contribution in [3.8, 4) is 11.5 Å². The van der Waals surface area contributed by atoms with Gasteiger partial charge in [-0.1, -0.05) is 130 Å². The van der Waals surface area contributed by atoms with Crippen molar-refractivity contribution < 1.29 is 53.4 Å². The molecule has 0 unspecified atom stereocenters. The first-order valence-electron chi connectivity index (χ1n) is 22.8. The van der Waals surface area contributed by atoms with E-state index in [-0.39, 0.29) is 49.8 Å². The zero-order valence-corrected chi connectivity index (χ0v) is 37.3. The molecule has 8 atom stereocenters. The highest BCUT2D eigenvalue weighted by atomic mass is 16.6. The molecule has 0 aliphatic heterocycles. The number of benzene rings is 1. The molecule has 3 N–H and O–H groups in total. The maximum Gasteiger partial charge on any atom is 0.310 e. The average molecular weight is 837 g/mol. The Balaban J connectivity index is 1.45. The topological polar surface area (TPSA) is 166 Å². The zero-order valence-electron chi connectivity index (χ0n) is 37.3. The smallest absolute Gasteiger partial charge is 0.310 e. The molecule has 60 heavy (non-hydrogen) atoms. The van der Waals surface area contributed by atoms with Gasteiger partial charge >= 0.3 is 17.9 Å². The highest BCUT2D eigenvalue weighted by Crippen LogP contribution is 2.77. The van der Waals surface area contributed by atoms with Gasteiger partial charge in [-0.05, 0) is 48.6 Å². The molecule has 334 valence electrons. The van der Waals surface area contributed by atoms with Crippen molar-refractivity contribution in [3.63, 3.8) is 0 Å². The second kappa shape index (κ2) is 20.0. The first kappa shape index (κ1) is 47.4. The van der Waals surface area contributed by atoms with E-state index in [0.29, 0.717) is 29.6 Å². The van der Waals surface area contributed by atoms with Gasteiger partial charge in [-0.15, -0.1) is 0 Å². The lowest BCUT2D eigenvalue weighted by Crippen LogP contribution is -2.66. The number of Topliss-reactive ketones (excluding diaryl/α,β-unsaturated/α-hetero) is 1. The van der Waals surface area contributed by atoms with Crippen molar-refractivity contribution in [1.82, 2.24) is 0 Å². The number of phenolic OH excluding ortho intramolecular Hbond substituents is 1. The summed E-state index contributed by atoms with van der Waals surface area (Å²) in [6, 6.07) is 4.57. The molecule has 2 fully saturated rings. The van der Waals surface area contributed by atoms with Gasteiger partial charge in [-0.3, -0.25) is 19.2 Å². The molecule has 11 nitrogen and oxygen atoms in total. The van der Waals surface area contributed by atoms with Gasteiger partial charge in [-0.25, -0.2) is 0 Å². The van der Waals surface area contributed by atoms with Crippen LogP contribution in [0.2, 0.25) is 0 Å². The molecule has 4 aliphatic rings. The van der Waals surface area contributed by atoms with Gasteiger partial charge in [0, 0.05) is 48.3 Å². The summed E-state index contributed by atoms with van der Waals surface area (Å²) in [7, 11) is 1.42. The number of phenols is 1. The molecule has 0 bridgehead atoms. The van der Waals surface area contributed by atoms with Crippen molar-refractivity contribution in [2.75, 3.05) is 13.7 Å². The third-order valence-corrected chi connectivity index (χ3v) is 14.3. The number of ketones is 1. The first-order chi connectivity index (χ1) is 28.5. The van der Waals surface area contributed by atoms with E-state index >= 15 is 0 Å². The van der Waals surface area contributed by atoms with Gasteiger partial charge in [0.25, 0.3) is 0 Å². The van der Waals surface area contributed by atoms with Crippen LogP contribution in [0.25, 0.3) is 0 Å². The maximum atomic E-state index is 13.9. The van der Waals surface area contributed by atoms with Crippen LogP contribution in [-0.2, 0) is 39.8 Å². The van der Waals surface area contributed by atoms with Crippen LogP contribution in [0.1, 0.15) is 156 Å². The lowest BCUT2D eigenvalue weighted by atomic mass is 9.59. The number of hydrogen-bond acceptors (Lipinski definition) is 11. The Morgan fingerprint density at radius 2 is 1.40 bits per heavy atom. The Kier molecular flexibility index (Phi) is 15.8. The second-order valence-electron chi connectivity index (χ2n) is 18.7. The van der Waals surface area contributed by atoms with Crippen LogP contribution in [-0.4, -0.2) is 75.6 Å². The molecule has 0 heterocycles. The predicted molar refractivity (Wildman–Crippen MR) is 228 cm³/mol. The van der Waals surface area contributed by atoms with Gasteiger partial charge in [0.15, 0.2) is 22.9 Å². The summed E-state index contributed by atoms with van der Waals surface area (Å²) in [6.45, 7) is 11.4. The van der Waals surface area contributed by atoms with E-state index in [2.05, 4.69) is 13.8 Å². The van der Waals surface area contributed by atoms with E-state index in [1.165, 1.54) is 38.9 Å². The number of carbonyl (C=O) groups excluding carboxylic acids is 4. The molecule has 0 spiro atoms. The Bertz CT molecular complexity index is 1760. The normalized spacial score (nSPS) is 29.9. The summed E-state index contributed by atoms with van der Waals surface area (Å²) in [6.07, 6.45) is 16.9. The van der Waals surface area contributed by atoms with Gasteiger partial charge in [0.05, 0.1) is 19.1 Å². The molecule has 0 radical (unpaired) electrons. The Hall–Kier alpha value is -3.70. The van der Waals surface area contributed by atoms with Crippen LogP contribution in [0.3, 0.4) is 0 Å². The summed E-state index contributed by atoms with van der Waals surface area (Å²) in [5.74, 6) is -5.09. The minimum absolute atomic E-state index is 0.0620. The molecule has 2 saturated carbocycles. The van der Waals surface area contributed by atoms with E-state index in [1.54, 1.807) is 32.1 Å². The van der Waals surface area contributed by atoms with Crippen LogP contribution in [0, 0.1) is 29.1 Å². The Labute approximate surface area is 357 Å². The van der Waals surface area contributed by atoms with E-state index in [0.717, 1.165) is 51.4 Å². The molecular weight excluding hydrogens is 765 g/mol. The molecule has 4 aliphatic carbocycles. The molecule has 0 amide bonds. The summed E-state index contributed by atoms with van der Waals surface area (Å²) in [5.41, 5.74) is -4.67. The van der Waals surface area contributed by atoms with Crippen LogP contribution >= 0.6 is 0 Å². The summed E-state index contributed by atoms with van der Waals surface area (Å²) >= 11 is 0. The minimum atomic E-state index is -2.07. The molecule has 0 saturated heterocycles. The third-order valence-electron chi connectivity index (χ3n) is 14.3. The number of methoxy groups -OCH3 is 1. The van der Waals surface area contributed by atoms with E-state index in [4.69, 9.17) is 18.9 Å². The number of esters is 3. The number of carbonyl (C=O) groups is 4. The quantitative estimate of drug-likeness (QED) is 0.0417. The van der Waals surface area contributed by atoms with Crippen molar-refractivity contribution in [2.45, 2.75) is 180 Å². The molecule has 5 rings (SSSR count). The van der Waals surface area contributed by atoms with Crippen LogP contribution in [0.5, 0.6) is 11.5 Å². The van der Waals surface area contributed by atoms with Gasteiger partial charge in [0.2, 0.25) is 0 Å². The predicted octanol–water partition coefficient (Wildman–Crippen LogP) is 8.82. The Morgan fingerprint density at radius 1 is 0.817 bits per heavy atom. The summed E-state index contributed by atoms with van der Waals surface area (Å²) in [4.78, 5) is 54.8. The molecule has 1 aromatic rings. The number of unbranched alkanes of at least 4 members (excludes halogenated alkanes) is 12. The standard InChI is InChI=1S/C49H72O11/c1-8-10-12-14-16-18-20-22-40(51)59-45-33(4)48(56)36(43-46(5,6)49(43,45)60-41(52)23-21-19-17-15-13-11-9-2)27-35(30-47(55)39(48)26-32(3)44(47)54)31-58-42(53)29-34-24-25-37(50)38(28-34)57-7/h24-28,33,36,39,43,45,50,55-56H,8-23,29-31H2,1-7H3/t33-,36+,39-,43-,45-,47-,48-,49-/m1/s1. The van der Waals surface area contributed by atoms with Crippen molar-refractivity contribution in [3.05, 3.63) is 47.1 Å². The number of hydrogen-bond donors (Lipinski definition) is 3.